The first-order valence-electron chi connectivity index (χ1n) is 7.46. The van der Waals surface area contributed by atoms with E-state index in [0.717, 1.165) is 29.2 Å². The maximum Gasteiger partial charge on any atom is 0.230 e. The van der Waals surface area contributed by atoms with Crippen molar-refractivity contribution in [2.75, 3.05) is 5.32 Å². The van der Waals surface area contributed by atoms with E-state index in [9.17, 15) is 4.79 Å². The standard InChI is InChI=1S/C15H21N5O/c1-4-20-10(3)12(9(2)19-20)7-15(21)16-14-8-13(17-18-14)11-5-6-11/h8,11H,4-7H2,1-3H3,(H2,16,17,18,21). The van der Waals surface area contributed by atoms with Gasteiger partial charge >= 0.3 is 0 Å². The molecule has 2 heterocycles. The Morgan fingerprint density at radius 2 is 2.24 bits per heavy atom. The van der Waals surface area contributed by atoms with Crippen molar-refractivity contribution in [2.24, 2.45) is 0 Å². The number of hydrogen-bond donors (Lipinski definition) is 2. The molecule has 0 aliphatic heterocycles. The molecule has 0 aromatic carbocycles. The van der Waals surface area contributed by atoms with Crippen LogP contribution in [-0.2, 0) is 17.8 Å². The summed E-state index contributed by atoms with van der Waals surface area (Å²) in [7, 11) is 0. The Labute approximate surface area is 123 Å². The summed E-state index contributed by atoms with van der Waals surface area (Å²) < 4.78 is 1.93. The highest BCUT2D eigenvalue weighted by Gasteiger charge is 2.25. The molecule has 21 heavy (non-hydrogen) atoms. The predicted molar refractivity (Wildman–Crippen MR) is 80.3 cm³/mol. The van der Waals surface area contributed by atoms with Gasteiger partial charge in [0.2, 0.25) is 5.91 Å². The lowest BCUT2D eigenvalue weighted by Gasteiger charge is -2.03. The van der Waals surface area contributed by atoms with Crippen LogP contribution in [0.15, 0.2) is 6.07 Å². The van der Waals surface area contributed by atoms with Crippen molar-refractivity contribution in [3.8, 4) is 0 Å². The Kier molecular flexibility index (Phi) is 3.53. The van der Waals surface area contributed by atoms with Crippen LogP contribution in [0.3, 0.4) is 0 Å². The first kappa shape index (κ1) is 13.9. The molecule has 1 amide bonds. The van der Waals surface area contributed by atoms with E-state index in [-0.39, 0.29) is 5.91 Å². The van der Waals surface area contributed by atoms with E-state index in [1.165, 1.54) is 12.8 Å². The molecule has 0 atom stereocenters. The molecule has 0 radical (unpaired) electrons. The molecule has 0 saturated heterocycles. The molecular weight excluding hydrogens is 266 g/mol. The molecule has 112 valence electrons. The van der Waals surface area contributed by atoms with Gasteiger partial charge in [-0.3, -0.25) is 14.6 Å². The van der Waals surface area contributed by atoms with Gasteiger partial charge in [0, 0.05) is 35.5 Å². The average Bonchev–Trinajstić information content (AvgIpc) is 3.15. The van der Waals surface area contributed by atoms with Gasteiger partial charge in [-0.05, 0) is 33.6 Å². The van der Waals surface area contributed by atoms with E-state index in [4.69, 9.17) is 0 Å². The summed E-state index contributed by atoms with van der Waals surface area (Å²) in [6.45, 7) is 6.82. The van der Waals surface area contributed by atoms with E-state index in [0.29, 0.717) is 18.2 Å². The van der Waals surface area contributed by atoms with Crippen LogP contribution in [0.1, 0.15) is 48.3 Å². The van der Waals surface area contributed by atoms with E-state index in [2.05, 4.69) is 20.6 Å². The SMILES string of the molecule is CCn1nc(C)c(CC(=O)Nc2cc(C3CC3)[nH]n2)c1C. The highest BCUT2D eigenvalue weighted by atomic mass is 16.1. The molecule has 1 fully saturated rings. The summed E-state index contributed by atoms with van der Waals surface area (Å²) in [6.07, 6.45) is 2.76. The highest BCUT2D eigenvalue weighted by Crippen LogP contribution is 2.39. The van der Waals surface area contributed by atoms with E-state index >= 15 is 0 Å². The third kappa shape index (κ3) is 2.84. The lowest BCUT2D eigenvalue weighted by molar-refractivity contribution is -0.115. The van der Waals surface area contributed by atoms with Gasteiger partial charge in [0.1, 0.15) is 0 Å². The molecule has 3 rings (SSSR count). The maximum atomic E-state index is 12.2. The molecule has 2 aromatic heterocycles. The van der Waals surface area contributed by atoms with Gasteiger partial charge in [-0.2, -0.15) is 10.2 Å². The molecule has 1 saturated carbocycles. The van der Waals surface area contributed by atoms with Crippen molar-refractivity contribution in [2.45, 2.75) is 52.5 Å². The lowest BCUT2D eigenvalue weighted by atomic mass is 10.1. The van der Waals surface area contributed by atoms with Crippen LogP contribution in [0.5, 0.6) is 0 Å². The number of H-pyrrole nitrogens is 1. The topological polar surface area (TPSA) is 75.6 Å². The largest absolute Gasteiger partial charge is 0.309 e. The number of aryl methyl sites for hydroxylation is 2. The van der Waals surface area contributed by atoms with E-state index in [1.807, 2.05) is 31.5 Å². The van der Waals surface area contributed by atoms with Crippen LogP contribution in [0, 0.1) is 13.8 Å². The average molecular weight is 287 g/mol. The molecule has 6 nitrogen and oxygen atoms in total. The minimum absolute atomic E-state index is 0.0503. The van der Waals surface area contributed by atoms with Crippen molar-refractivity contribution < 1.29 is 4.79 Å². The van der Waals surface area contributed by atoms with Gasteiger partial charge in [0.05, 0.1) is 12.1 Å². The first-order valence-corrected chi connectivity index (χ1v) is 7.46. The van der Waals surface area contributed by atoms with Crippen LogP contribution < -0.4 is 5.32 Å². The van der Waals surface area contributed by atoms with Crippen LogP contribution in [0.4, 0.5) is 5.82 Å². The second-order valence-electron chi connectivity index (χ2n) is 5.67. The number of rotatable bonds is 5. The Bertz CT molecular complexity index is 666. The number of hydrogen-bond acceptors (Lipinski definition) is 3. The first-order chi connectivity index (χ1) is 10.1. The number of carbonyl (C=O) groups excluding carboxylic acids is 1. The van der Waals surface area contributed by atoms with Crippen LogP contribution >= 0.6 is 0 Å². The minimum Gasteiger partial charge on any atom is -0.309 e. The Balaban J connectivity index is 1.66. The van der Waals surface area contributed by atoms with Gasteiger partial charge in [0.25, 0.3) is 0 Å². The predicted octanol–water partition coefficient (Wildman–Crippen LogP) is 2.30. The lowest BCUT2D eigenvalue weighted by Crippen LogP contribution is -2.15. The molecule has 2 N–H and O–H groups in total. The second-order valence-corrected chi connectivity index (χ2v) is 5.67. The molecule has 1 aliphatic rings. The van der Waals surface area contributed by atoms with Crippen molar-refractivity contribution >= 4 is 11.7 Å². The van der Waals surface area contributed by atoms with E-state index < -0.39 is 0 Å². The smallest absolute Gasteiger partial charge is 0.230 e. The number of amides is 1. The molecule has 0 unspecified atom stereocenters. The molecule has 0 spiro atoms. The summed E-state index contributed by atoms with van der Waals surface area (Å²) in [5.41, 5.74) is 4.11. The quantitative estimate of drug-likeness (QED) is 0.886. The number of nitrogens with one attached hydrogen (secondary N) is 2. The molecule has 2 aromatic rings. The second kappa shape index (κ2) is 5.35. The summed E-state index contributed by atoms with van der Waals surface area (Å²) in [6, 6.07) is 1.94. The highest BCUT2D eigenvalue weighted by molar-refractivity contribution is 5.91. The van der Waals surface area contributed by atoms with Crippen LogP contribution in [0.2, 0.25) is 0 Å². The van der Waals surface area contributed by atoms with Crippen molar-refractivity contribution in [3.63, 3.8) is 0 Å². The summed E-state index contributed by atoms with van der Waals surface area (Å²) in [5.74, 6) is 1.17. The molecular formula is C15H21N5O. The zero-order valence-corrected chi connectivity index (χ0v) is 12.7. The number of aromatic amines is 1. The third-order valence-electron chi connectivity index (χ3n) is 4.05. The fraction of sp³-hybridized carbons (Fsp3) is 0.533. The van der Waals surface area contributed by atoms with Gasteiger partial charge in [-0.1, -0.05) is 0 Å². The molecule has 6 heteroatoms. The summed E-state index contributed by atoms with van der Waals surface area (Å²) in [5, 5.41) is 14.4. The monoisotopic (exact) mass is 287 g/mol. The van der Waals surface area contributed by atoms with Crippen LogP contribution in [-0.4, -0.2) is 25.9 Å². The van der Waals surface area contributed by atoms with E-state index in [1.54, 1.807) is 0 Å². The maximum absolute atomic E-state index is 12.2. The molecule has 0 bridgehead atoms. The fourth-order valence-electron chi connectivity index (χ4n) is 2.65. The number of nitrogens with zero attached hydrogens (tertiary/aromatic N) is 3. The third-order valence-corrected chi connectivity index (χ3v) is 4.05. The van der Waals surface area contributed by atoms with Gasteiger partial charge < -0.3 is 5.32 Å². The Hall–Kier alpha value is -2.11. The zero-order chi connectivity index (χ0) is 15.0. The van der Waals surface area contributed by atoms with Gasteiger partial charge in [-0.25, -0.2) is 0 Å². The van der Waals surface area contributed by atoms with Crippen molar-refractivity contribution in [3.05, 3.63) is 28.7 Å². The summed E-state index contributed by atoms with van der Waals surface area (Å²) >= 11 is 0. The normalized spacial score (nSPS) is 14.4. The Morgan fingerprint density at radius 3 is 2.86 bits per heavy atom. The van der Waals surface area contributed by atoms with Crippen molar-refractivity contribution in [1.82, 2.24) is 20.0 Å². The zero-order valence-electron chi connectivity index (χ0n) is 12.7. The Morgan fingerprint density at radius 1 is 1.48 bits per heavy atom. The minimum atomic E-state index is -0.0503. The summed E-state index contributed by atoms with van der Waals surface area (Å²) in [4.78, 5) is 12.2. The number of aromatic nitrogens is 4. The fourth-order valence-corrected chi connectivity index (χ4v) is 2.65. The van der Waals surface area contributed by atoms with Crippen molar-refractivity contribution in [1.29, 1.82) is 0 Å². The van der Waals surface area contributed by atoms with Crippen LogP contribution in [0.25, 0.3) is 0 Å². The van der Waals surface area contributed by atoms with Gasteiger partial charge in [-0.15, -0.1) is 0 Å². The number of anilines is 1. The molecule has 1 aliphatic carbocycles. The number of carbonyl (C=O) groups is 1. The van der Waals surface area contributed by atoms with Gasteiger partial charge in [0.15, 0.2) is 5.82 Å².